The molecule has 0 radical (unpaired) electrons. The van der Waals surface area contributed by atoms with Crippen LogP contribution in [0.15, 0.2) is 0 Å². The summed E-state index contributed by atoms with van der Waals surface area (Å²) in [5, 5.41) is 0. The highest BCUT2D eigenvalue weighted by molar-refractivity contribution is 8.76. The first-order valence-corrected chi connectivity index (χ1v) is 9.52. The fraction of sp³-hybridized carbons (Fsp3) is 0.857. The van der Waals surface area contributed by atoms with Crippen molar-refractivity contribution >= 4 is 58.3 Å². The molecular weight excluding hydrogens is 395 g/mol. The van der Waals surface area contributed by atoms with Gasteiger partial charge in [0.2, 0.25) is 0 Å². The van der Waals surface area contributed by atoms with E-state index in [9.17, 15) is 9.59 Å². The van der Waals surface area contributed by atoms with Gasteiger partial charge in [0.1, 0.15) is 23.3 Å². The summed E-state index contributed by atoms with van der Waals surface area (Å²) < 4.78 is 10.4. The molecule has 2 atom stereocenters. The van der Waals surface area contributed by atoms with Gasteiger partial charge in [0.25, 0.3) is 0 Å². The number of hydrogen-bond donors (Lipinski definition) is 2. The minimum atomic E-state index is -0.700. The highest BCUT2D eigenvalue weighted by atomic mass is 35.5. The average Bonchev–Trinajstić information content (AvgIpc) is 2.29. The molecule has 0 unspecified atom stereocenters. The van der Waals surface area contributed by atoms with Crippen LogP contribution in [-0.4, -0.2) is 46.7 Å². The minimum absolute atomic E-state index is 0. The van der Waals surface area contributed by atoms with Crippen LogP contribution >= 0.6 is 46.4 Å². The van der Waals surface area contributed by atoms with E-state index in [-0.39, 0.29) is 24.8 Å². The van der Waals surface area contributed by atoms with Gasteiger partial charge in [-0.3, -0.25) is 9.59 Å². The van der Waals surface area contributed by atoms with Crippen molar-refractivity contribution in [3.05, 3.63) is 0 Å². The first-order valence-electron chi connectivity index (χ1n) is 7.03. The topological polar surface area (TPSA) is 105 Å². The van der Waals surface area contributed by atoms with Crippen LogP contribution in [0.25, 0.3) is 0 Å². The van der Waals surface area contributed by atoms with E-state index in [2.05, 4.69) is 0 Å². The van der Waals surface area contributed by atoms with Crippen LogP contribution in [0.4, 0.5) is 0 Å². The van der Waals surface area contributed by atoms with Gasteiger partial charge in [-0.1, -0.05) is 21.6 Å². The molecule has 0 spiro atoms. The number of hydrogen-bond acceptors (Lipinski definition) is 8. The van der Waals surface area contributed by atoms with Crippen molar-refractivity contribution in [3.8, 4) is 0 Å². The third kappa shape index (κ3) is 15.7. The first-order chi connectivity index (χ1) is 9.82. The predicted octanol–water partition coefficient (Wildman–Crippen LogP) is 2.55. The molecular formula is C14H30Cl2N2O4S2. The number of carbonyl (C=O) groups excluding carboxylic acids is 2. The molecule has 0 bridgehead atoms. The van der Waals surface area contributed by atoms with Crippen LogP contribution in [0, 0.1) is 0 Å². The second kappa shape index (κ2) is 12.5. The van der Waals surface area contributed by atoms with Gasteiger partial charge in [-0.05, 0) is 41.5 Å². The van der Waals surface area contributed by atoms with Crippen molar-refractivity contribution in [1.82, 2.24) is 0 Å². The Morgan fingerprint density at radius 1 is 0.792 bits per heavy atom. The Morgan fingerprint density at radius 2 is 1.04 bits per heavy atom. The molecule has 0 heterocycles. The normalized spacial score (nSPS) is 13.8. The fourth-order valence-corrected chi connectivity index (χ4v) is 3.35. The van der Waals surface area contributed by atoms with Gasteiger partial charge in [0.05, 0.1) is 0 Å². The maximum absolute atomic E-state index is 11.7. The maximum Gasteiger partial charge on any atom is 0.324 e. The summed E-state index contributed by atoms with van der Waals surface area (Å²) in [5.74, 6) is -0.0876. The van der Waals surface area contributed by atoms with E-state index in [4.69, 9.17) is 20.9 Å². The Kier molecular flexibility index (Phi) is 15.0. The van der Waals surface area contributed by atoms with Crippen molar-refractivity contribution < 1.29 is 19.1 Å². The summed E-state index contributed by atoms with van der Waals surface area (Å²) in [7, 11) is 2.76. The van der Waals surface area contributed by atoms with Crippen LogP contribution < -0.4 is 11.5 Å². The molecule has 0 aliphatic carbocycles. The molecule has 0 saturated carbocycles. The summed E-state index contributed by atoms with van der Waals surface area (Å²) in [6, 6.07) is -1.40. The van der Waals surface area contributed by atoms with Crippen molar-refractivity contribution in [1.29, 1.82) is 0 Å². The van der Waals surface area contributed by atoms with Crippen molar-refractivity contribution in [3.63, 3.8) is 0 Å². The van der Waals surface area contributed by atoms with E-state index in [1.54, 1.807) is 41.5 Å². The van der Waals surface area contributed by atoms with Crippen LogP contribution in [0.5, 0.6) is 0 Å². The summed E-state index contributed by atoms with van der Waals surface area (Å²) in [6.45, 7) is 10.7. The Balaban J connectivity index is -0.00000220. The van der Waals surface area contributed by atoms with Gasteiger partial charge in [-0.25, -0.2) is 0 Å². The molecule has 10 heteroatoms. The van der Waals surface area contributed by atoms with E-state index in [0.717, 1.165) is 0 Å². The van der Waals surface area contributed by atoms with Crippen LogP contribution in [0.2, 0.25) is 0 Å². The number of nitrogens with two attached hydrogens (primary N) is 2. The summed E-state index contributed by atoms with van der Waals surface area (Å²) in [6.07, 6.45) is 0. The number of halogens is 2. The van der Waals surface area contributed by atoms with Crippen LogP contribution in [-0.2, 0) is 19.1 Å². The highest BCUT2D eigenvalue weighted by Crippen LogP contribution is 2.23. The van der Waals surface area contributed by atoms with Gasteiger partial charge in [0.15, 0.2) is 0 Å². The number of ether oxygens (including phenoxy) is 2. The molecule has 0 fully saturated rings. The minimum Gasteiger partial charge on any atom is -0.459 e. The van der Waals surface area contributed by atoms with Gasteiger partial charge >= 0.3 is 11.9 Å². The third-order valence-electron chi connectivity index (χ3n) is 2.00. The maximum atomic E-state index is 11.7. The summed E-state index contributed by atoms with van der Waals surface area (Å²) >= 11 is 0. The molecule has 6 nitrogen and oxygen atoms in total. The molecule has 0 saturated heterocycles. The smallest absolute Gasteiger partial charge is 0.324 e. The van der Waals surface area contributed by atoms with Crippen molar-refractivity contribution in [2.75, 3.05) is 11.5 Å². The lowest BCUT2D eigenvalue weighted by molar-refractivity contribution is -0.156. The molecule has 0 aliphatic rings. The van der Waals surface area contributed by atoms with E-state index < -0.39 is 35.2 Å². The lowest BCUT2D eigenvalue weighted by atomic mass is 10.2. The zero-order valence-electron chi connectivity index (χ0n) is 15.0. The SMILES string of the molecule is CC(C)(C)OC(=O)[C@H](N)CSSC[C@@H](N)C(=O)OC(C)(C)C.Cl.Cl. The summed E-state index contributed by atoms with van der Waals surface area (Å²) in [5.41, 5.74) is 10.4. The second-order valence-electron chi connectivity index (χ2n) is 6.85. The standard InChI is InChI=1S/C14H28N2O4S2.2ClH/c1-13(2,3)19-11(17)9(15)7-21-22-8-10(16)12(18)20-14(4,5)6;;/h9-10H,7-8,15-16H2,1-6H3;2*1H/t9-,10-;;/m1../s1. The van der Waals surface area contributed by atoms with Crippen molar-refractivity contribution in [2.24, 2.45) is 11.5 Å². The fourth-order valence-electron chi connectivity index (χ4n) is 1.13. The first kappa shape index (κ1) is 28.9. The number of esters is 2. The molecule has 0 aromatic heterocycles. The van der Waals surface area contributed by atoms with Crippen LogP contribution in [0.3, 0.4) is 0 Å². The van der Waals surface area contributed by atoms with Gasteiger partial charge in [-0.2, -0.15) is 0 Å². The zero-order valence-corrected chi connectivity index (χ0v) is 18.3. The van der Waals surface area contributed by atoms with E-state index >= 15 is 0 Å². The number of carbonyl (C=O) groups is 2. The van der Waals surface area contributed by atoms with Crippen LogP contribution in [0.1, 0.15) is 41.5 Å². The average molecular weight is 425 g/mol. The Hall–Kier alpha value is 0.140. The summed E-state index contributed by atoms with van der Waals surface area (Å²) in [4.78, 5) is 23.4. The van der Waals surface area contributed by atoms with Gasteiger partial charge in [-0.15, -0.1) is 24.8 Å². The third-order valence-corrected chi connectivity index (χ3v) is 4.47. The van der Waals surface area contributed by atoms with E-state index in [1.807, 2.05) is 0 Å². The quantitative estimate of drug-likeness (QED) is 0.364. The zero-order chi connectivity index (χ0) is 17.6. The largest absolute Gasteiger partial charge is 0.459 e. The lowest BCUT2D eigenvalue weighted by Crippen LogP contribution is -2.39. The van der Waals surface area contributed by atoms with Gasteiger partial charge in [0, 0.05) is 11.5 Å². The highest BCUT2D eigenvalue weighted by Gasteiger charge is 2.24. The molecule has 4 N–H and O–H groups in total. The predicted molar refractivity (Wildman–Crippen MR) is 107 cm³/mol. The van der Waals surface area contributed by atoms with Crippen molar-refractivity contribution in [2.45, 2.75) is 64.8 Å². The lowest BCUT2D eigenvalue weighted by Gasteiger charge is -2.22. The van der Waals surface area contributed by atoms with E-state index in [1.165, 1.54) is 21.6 Å². The molecule has 0 aromatic carbocycles. The number of rotatable bonds is 7. The molecule has 0 aromatic rings. The molecule has 0 aliphatic heterocycles. The van der Waals surface area contributed by atoms with Gasteiger partial charge < -0.3 is 20.9 Å². The Bertz CT molecular complexity index is 352. The second-order valence-corrected chi connectivity index (χ2v) is 9.40. The molecule has 146 valence electrons. The van der Waals surface area contributed by atoms with E-state index in [0.29, 0.717) is 11.5 Å². The monoisotopic (exact) mass is 424 g/mol. The molecule has 0 rings (SSSR count). The Labute approximate surface area is 165 Å². The Morgan fingerprint density at radius 3 is 1.25 bits per heavy atom. The molecule has 24 heavy (non-hydrogen) atoms. The molecule has 0 amide bonds.